The first-order valence-corrected chi connectivity index (χ1v) is 10.2. The molecule has 0 radical (unpaired) electrons. The quantitative estimate of drug-likeness (QED) is 0.723. The molecule has 150 valence electrons. The van der Waals surface area contributed by atoms with Crippen LogP contribution >= 0.6 is 0 Å². The molecular weight excluding hydrogens is 368 g/mol. The number of para-hydroxylation sites is 1. The maximum absolute atomic E-state index is 13.0. The topological polar surface area (TPSA) is 82.4 Å². The number of piperidine rings is 1. The SMILES string of the molecule is O=C(CCc1cn[nH]c1)N1CCC2CC1CN2C(=O)Cc1coc2ccccc12. The predicted molar refractivity (Wildman–Crippen MR) is 107 cm³/mol. The second-order valence-electron chi connectivity index (χ2n) is 8.01. The number of H-pyrrole nitrogens is 1. The zero-order valence-electron chi connectivity index (χ0n) is 16.2. The number of benzene rings is 1. The molecule has 2 aliphatic heterocycles. The summed E-state index contributed by atoms with van der Waals surface area (Å²) in [6, 6.07) is 8.17. The first-order chi connectivity index (χ1) is 14.2. The van der Waals surface area contributed by atoms with Gasteiger partial charge in [-0.25, -0.2) is 0 Å². The Morgan fingerprint density at radius 1 is 1.17 bits per heavy atom. The monoisotopic (exact) mass is 392 g/mol. The Kier molecular flexibility index (Phi) is 4.58. The average Bonchev–Trinajstić information content (AvgIpc) is 3.46. The molecule has 4 heterocycles. The van der Waals surface area contributed by atoms with Gasteiger partial charge in [0.25, 0.3) is 0 Å². The highest BCUT2D eigenvalue weighted by Gasteiger charge is 2.43. The van der Waals surface area contributed by atoms with Crippen LogP contribution in [0.2, 0.25) is 0 Å². The third kappa shape index (κ3) is 3.41. The highest BCUT2D eigenvalue weighted by molar-refractivity contribution is 5.88. The van der Waals surface area contributed by atoms with Gasteiger partial charge in [-0.2, -0.15) is 5.10 Å². The van der Waals surface area contributed by atoms with E-state index in [2.05, 4.69) is 10.2 Å². The van der Waals surface area contributed by atoms with Gasteiger partial charge in [-0.3, -0.25) is 14.7 Å². The molecule has 2 aromatic heterocycles. The molecule has 7 nitrogen and oxygen atoms in total. The van der Waals surface area contributed by atoms with Gasteiger partial charge in [-0.05, 0) is 30.9 Å². The van der Waals surface area contributed by atoms with Gasteiger partial charge in [-0.15, -0.1) is 0 Å². The van der Waals surface area contributed by atoms with Crippen LogP contribution in [0, 0.1) is 0 Å². The highest BCUT2D eigenvalue weighted by atomic mass is 16.3. The minimum absolute atomic E-state index is 0.122. The summed E-state index contributed by atoms with van der Waals surface area (Å²) in [5.74, 6) is 0.293. The standard InChI is InChI=1S/C22H24N4O3/c27-21(6-5-15-11-23-24-12-15)25-8-7-17-10-18(25)13-26(17)22(28)9-16-14-29-20-4-2-1-3-19(16)20/h1-4,11-12,14,17-18H,5-10,13H2,(H,23,24). The fourth-order valence-corrected chi connectivity index (χ4v) is 4.74. The van der Waals surface area contributed by atoms with Crippen LogP contribution in [0.15, 0.2) is 47.3 Å². The molecule has 2 aliphatic rings. The van der Waals surface area contributed by atoms with Crippen molar-refractivity contribution in [3.05, 3.63) is 54.0 Å². The summed E-state index contributed by atoms with van der Waals surface area (Å²) in [5, 5.41) is 7.71. The molecule has 29 heavy (non-hydrogen) atoms. The summed E-state index contributed by atoms with van der Waals surface area (Å²) in [6.07, 6.45) is 8.53. The van der Waals surface area contributed by atoms with Crippen molar-refractivity contribution >= 4 is 22.8 Å². The van der Waals surface area contributed by atoms with E-state index in [0.29, 0.717) is 25.8 Å². The van der Waals surface area contributed by atoms with E-state index in [1.54, 1.807) is 12.5 Å². The molecule has 2 bridgehead atoms. The first kappa shape index (κ1) is 18.0. The second-order valence-corrected chi connectivity index (χ2v) is 8.01. The number of likely N-dealkylation sites (tertiary alicyclic amines) is 2. The molecule has 0 spiro atoms. The first-order valence-electron chi connectivity index (χ1n) is 10.2. The zero-order valence-corrected chi connectivity index (χ0v) is 16.2. The van der Waals surface area contributed by atoms with Crippen LogP contribution in [0.3, 0.4) is 0 Å². The maximum Gasteiger partial charge on any atom is 0.227 e. The maximum atomic E-state index is 13.0. The van der Waals surface area contributed by atoms with Gasteiger partial charge in [0.1, 0.15) is 5.58 Å². The van der Waals surface area contributed by atoms with Crippen LogP contribution in [-0.4, -0.2) is 57.0 Å². The fourth-order valence-electron chi connectivity index (χ4n) is 4.74. The number of fused-ring (bicyclic) bond motifs is 3. The number of amides is 2. The Balaban J connectivity index is 1.22. The molecule has 2 atom stereocenters. The number of nitrogens with one attached hydrogen (secondary N) is 1. The van der Waals surface area contributed by atoms with Crippen molar-refractivity contribution in [3.63, 3.8) is 0 Å². The van der Waals surface area contributed by atoms with Crippen molar-refractivity contribution in [1.29, 1.82) is 0 Å². The molecule has 2 saturated heterocycles. The predicted octanol–water partition coefficient (Wildman–Crippen LogP) is 2.53. The lowest BCUT2D eigenvalue weighted by atomic mass is 10.0. The van der Waals surface area contributed by atoms with E-state index in [9.17, 15) is 9.59 Å². The third-order valence-electron chi connectivity index (χ3n) is 6.26. The molecular formula is C22H24N4O3. The summed E-state index contributed by atoms with van der Waals surface area (Å²) in [7, 11) is 0. The Bertz CT molecular complexity index is 1030. The molecule has 0 aliphatic carbocycles. The van der Waals surface area contributed by atoms with E-state index in [1.165, 1.54) is 0 Å². The minimum atomic E-state index is 0.122. The van der Waals surface area contributed by atoms with Gasteiger partial charge < -0.3 is 14.2 Å². The van der Waals surface area contributed by atoms with Gasteiger partial charge in [0.15, 0.2) is 0 Å². The number of nitrogens with zero attached hydrogens (tertiary/aromatic N) is 3. The van der Waals surface area contributed by atoms with Crippen LogP contribution in [0.4, 0.5) is 0 Å². The van der Waals surface area contributed by atoms with E-state index < -0.39 is 0 Å². The number of hydrogen-bond donors (Lipinski definition) is 1. The highest BCUT2D eigenvalue weighted by Crippen LogP contribution is 2.32. The van der Waals surface area contributed by atoms with E-state index in [1.807, 2.05) is 40.3 Å². The number of carbonyl (C=O) groups is 2. The Labute approximate surface area is 168 Å². The van der Waals surface area contributed by atoms with Crippen molar-refractivity contribution in [2.45, 2.75) is 44.2 Å². The van der Waals surface area contributed by atoms with Crippen LogP contribution in [-0.2, 0) is 22.4 Å². The van der Waals surface area contributed by atoms with Gasteiger partial charge in [0, 0.05) is 42.7 Å². The van der Waals surface area contributed by atoms with E-state index in [-0.39, 0.29) is 23.9 Å². The summed E-state index contributed by atoms with van der Waals surface area (Å²) in [5.41, 5.74) is 2.79. The fraction of sp³-hybridized carbons (Fsp3) is 0.409. The number of aromatic nitrogens is 2. The largest absolute Gasteiger partial charge is 0.464 e. The molecule has 3 aromatic rings. The lowest BCUT2D eigenvalue weighted by Gasteiger charge is -2.32. The summed E-state index contributed by atoms with van der Waals surface area (Å²) >= 11 is 0. The number of aryl methyl sites for hydroxylation is 1. The lowest BCUT2D eigenvalue weighted by Crippen LogP contribution is -2.44. The van der Waals surface area contributed by atoms with Crippen molar-refractivity contribution < 1.29 is 14.0 Å². The van der Waals surface area contributed by atoms with Crippen molar-refractivity contribution in [1.82, 2.24) is 20.0 Å². The molecule has 2 amide bonds. The van der Waals surface area contributed by atoms with Crippen LogP contribution in [0.5, 0.6) is 0 Å². The molecule has 1 N–H and O–H groups in total. The number of rotatable bonds is 5. The van der Waals surface area contributed by atoms with E-state index in [4.69, 9.17) is 4.42 Å². The summed E-state index contributed by atoms with van der Waals surface area (Å²) in [4.78, 5) is 29.7. The van der Waals surface area contributed by atoms with Crippen LogP contribution in [0.1, 0.15) is 30.4 Å². The molecule has 0 saturated carbocycles. The van der Waals surface area contributed by atoms with Crippen molar-refractivity contribution in [2.24, 2.45) is 0 Å². The zero-order chi connectivity index (χ0) is 19.8. The van der Waals surface area contributed by atoms with Gasteiger partial charge in [-0.1, -0.05) is 18.2 Å². The molecule has 5 rings (SSSR count). The van der Waals surface area contributed by atoms with Crippen molar-refractivity contribution in [2.75, 3.05) is 13.1 Å². The third-order valence-corrected chi connectivity index (χ3v) is 6.26. The Hall–Kier alpha value is -3.09. The number of furan rings is 1. The van der Waals surface area contributed by atoms with Crippen LogP contribution in [0.25, 0.3) is 11.0 Å². The number of hydrogen-bond acceptors (Lipinski definition) is 4. The minimum Gasteiger partial charge on any atom is -0.464 e. The smallest absolute Gasteiger partial charge is 0.227 e. The number of carbonyl (C=O) groups excluding carboxylic acids is 2. The average molecular weight is 392 g/mol. The Morgan fingerprint density at radius 2 is 2.07 bits per heavy atom. The van der Waals surface area contributed by atoms with E-state index in [0.717, 1.165) is 41.5 Å². The van der Waals surface area contributed by atoms with Gasteiger partial charge in [0.2, 0.25) is 11.8 Å². The second kappa shape index (κ2) is 7.39. The molecule has 1 aromatic carbocycles. The lowest BCUT2D eigenvalue weighted by molar-refractivity contribution is -0.134. The van der Waals surface area contributed by atoms with E-state index >= 15 is 0 Å². The van der Waals surface area contributed by atoms with Gasteiger partial charge in [0.05, 0.1) is 24.9 Å². The normalized spacial score (nSPS) is 21.1. The molecule has 2 unspecified atom stereocenters. The summed E-state index contributed by atoms with van der Waals surface area (Å²) in [6.45, 7) is 1.37. The number of aromatic amines is 1. The summed E-state index contributed by atoms with van der Waals surface area (Å²) < 4.78 is 5.57. The molecule has 7 heteroatoms. The van der Waals surface area contributed by atoms with Crippen LogP contribution < -0.4 is 0 Å². The van der Waals surface area contributed by atoms with Crippen molar-refractivity contribution in [3.8, 4) is 0 Å². The van der Waals surface area contributed by atoms with Gasteiger partial charge >= 0.3 is 0 Å². The Morgan fingerprint density at radius 3 is 2.93 bits per heavy atom. The molecule has 2 fully saturated rings.